The third kappa shape index (κ3) is 7.35. The van der Waals surface area contributed by atoms with Crippen LogP contribution >= 0.6 is 0 Å². The van der Waals surface area contributed by atoms with Crippen LogP contribution < -0.4 is 11.1 Å². The summed E-state index contributed by atoms with van der Waals surface area (Å²) >= 11 is 0. The number of likely N-dealkylation sites (N-methyl/N-ethyl adjacent to an activating group) is 1. The van der Waals surface area contributed by atoms with E-state index in [-0.39, 0.29) is 0 Å². The number of carbonyl (C=O) groups is 1. The SMILES string of the molecule is CN(C)C/C=C/C=O.Nc1cccc(Nc2nccc(-c3cccnc3)n2)c1. The second kappa shape index (κ2) is 11.2. The number of rotatable bonds is 6. The molecule has 7 nitrogen and oxygen atoms in total. The van der Waals surface area contributed by atoms with Gasteiger partial charge in [0.1, 0.15) is 6.29 Å². The van der Waals surface area contributed by atoms with E-state index in [0.29, 0.717) is 11.6 Å². The highest BCUT2D eigenvalue weighted by Gasteiger charge is 2.02. The van der Waals surface area contributed by atoms with E-state index in [1.54, 1.807) is 18.6 Å². The number of carbonyl (C=O) groups excluding carboxylic acids is 1. The molecule has 28 heavy (non-hydrogen) atoms. The van der Waals surface area contributed by atoms with Gasteiger partial charge in [-0.2, -0.15) is 0 Å². The molecule has 0 aliphatic heterocycles. The van der Waals surface area contributed by atoms with Crippen LogP contribution in [0.2, 0.25) is 0 Å². The Kier molecular flexibility index (Phi) is 8.29. The molecule has 0 atom stereocenters. The van der Waals surface area contributed by atoms with Crippen LogP contribution in [-0.2, 0) is 4.79 Å². The second-order valence-corrected chi connectivity index (χ2v) is 6.08. The molecule has 0 unspecified atom stereocenters. The zero-order valence-electron chi connectivity index (χ0n) is 16.0. The van der Waals surface area contributed by atoms with Gasteiger partial charge in [0.05, 0.1) is 5.69 Å². The maximum atomic E-state index is 9.68. The van der Waals surface area contributed by atoms with Gasteiger partial charge >= 0.3 is 0 Å². The molecule has 3 aromatic rings. The van der Waals surface area contributed by atoms with E-state index in [1.807, 2.05) is 67.5 Å². The molecule has 2 heterocycles. The zero-order chi connectivity index (χ0) is 20.2. The molecule has 1 aromatic carbocycles. The number of aromatic nitrogens is 3. The van der Waals surface area contributed by atoms with Crippen LogP contribution in [0.5, 0.6) is 0 Å². The van der Waals surface area contributed by atoms with E-state index in [0.717, 1.165) is 29.8 Å². The predicted octanol–water partition coefficient (Wildman–Crippen LogP) is 3.17. The minimum absolute atomic E-state index is 0.525. The lowest BCUT2D eigenvalue weighted by atomic mass is 10.2. The Bertz CT molecular complexity index is 896. The van der Waals surface area contributed by atoms with E-state index in [2.05, 4.69) is 20.3 Å². The normalized spacial score (nSPS) is 10.4. The summed E-state index contributed by atoms with van der Waals surface area (Å²) in [6.45, 7) is 0.832. The Labute approximate surface area is 165 Å². The van der Waals surface area contributed by atoms with E-state index < -0.39 is 0 Å². The standard InChI is InChI=1S/C15H13N5.C6H11NO/c16-12-4-1-5-13(9-12)19-15-18-8-6-14(20-15)11-3-2-7-17-10-11;1-7(2)5-3-4-6-8/h1-10H,16H2,(H,18,19,20);3-4,6H,5H2,1-2H3/b;4-3+. The summed E-state index contributed by atoms with van der Waals surface area (Å²) in [5, 5.41) is 3.13. The minimum Gasteiger partial charge on any atom is -0.399 e. The Morgan fingerprint density at radius 2 is 2.00 bits per heavy atom. The number of pyridine rings is 1. The number of nitrogens with two attached hydrogens (primary N) is 1. The van der Waals surface area contributed by atoms with Crippen LogP contribution in [-0.4, -0.2) is 46.8 Å². The Morgan fingerprint density at radius 1 is 1.14 bits per heavy atom. The molecule has 0 fully saturated rings. The topological polar surface area (TPSA) is 97.0 Å². The summed E-state index contributed by atoms with van der Waals surface area (Å²) in [6.07, 6.45) is 9.31. The number of hydrogen-bond acceptors (Lipinski definition) is 7. The van der Waals surface area contributed by atoms with Gasteiger partial charge in [0.25, 0.3) is 0 Å². The van der Waals surface area contributed by atoms with Gasteiger partial charge in [0, 0.05) is 42.1 Å². The van der Waals surface area contributed by atoms with E-state index in [1.165, 1.54) is 6.08 Å². The van der Waals surface area contributed by atoms with Gasteiger partial charge < -0.3 is 16.0 Å². The molecule has 0 aliphatic rings. The van der Waals surface area contributed by atoms with E-state index >= 15 is 0 Å². The molecule has 2 aromatic heterocycles. The van der Waals surface area contributed by atoms with Gasteiger partial charge in [-0.3, -0.25) is 9.78 Å². The van der Waals surface area contributed by atoms with Gasteiger partial charge in [-0.05, 0) is 56.6 Å². The fraction of sp³-hybridized carbons (Fsp3) is 0.143. The number of aldehydes is 1. The molecule has 3 N–H and O–H groups in total. The van der Waals surface area contributed by atoms with Crippen molar-refractivity contribution >= 4 is 23.6 Å². The smallest absolute Gasteiger partial charge is 0.227 e. The first-order valence-electron chi connectivity index (χ1n) is 8.69. The lowest BCUT2D eigenvalue weighted by molar-refractivity contribution is -0.104. The fourth-order valence-electron chi connectivity index (χ4n) is 2.17. The van der Waals surface area contributed by atoms with E-state index in [9.17, 15) is 4.79 Å². The highest BCUT2D eigenvalue weighted by atomic mass is 16.1. The summed E-state index contributed by atoms with van der Waals surface area (Å²) in [7, 11) is 3.91. The molecule has 0 aliphatic carbocycles. The quantitative estimate of drug-likeness (QED) is 0.387. The third-order valence-corrected chi connectivity index (χ3v) is 3.44. The molecule has 0 bridgehead atoms. The summed E-state index contributed by atoms with van der Waals surface area (Å²) in [4.78, 5) is 24.4. The molecule has 3 rings (SSSR count). The van der Waals surface area contributed by atoms with Crippen molar-refractivity contribution < 1.29 is 4.79 Å². The number of nitrogens with one attached hydrogen (secondary N) is 1. The highest BCUT2D eigenvalue weighted by Crippen LogP contribution is 2.19. The van der Waals surface area contributed by atoms with Crippen molar-refractivity contribution in [2.75, 3.05) is 31.7 Å². The van der Waals surface area contributed by atoms with Crippen LogP contribution in [0, 0.1) is 0 Å². The number of nitrogen functional groups attached to an aromatic ring is 1. The molecule has 0 saturated heterocycles. The number of allylic oxidation sites excluding steroid dienone is 1. The Morgan fingerprint density at radius 3 is 2.68 bits per heavy atom. The highest BCUT2D eigenvalue weighted by molar-refractivity contribution is 5.64. The van der Waals surface area contributed by atoms with Crippen molar-refractivity contribution in [3.05, 3.63) is 73.2 Å². The van der Waals surface area contributed by atoms with Gasteiger partial charge in [-0.25, -0.2) is 9.97 Å². The van der Waals surface area contributed by atoms with Gasteiger partial charge in [0.15, 0.2) is 0 Å². The first kappa shape index (κ1) is 20.7. The van der Waals surface area contributed by atoms with Gasteiger partial charge in [0.2, 0.25) is 5.95 Å². The van der Waals surface area contributed by atoms with E-state index in [4.69, 9.17) is 5.73 Å². The summed E-state index contributed by atoms with van der Waals surface area (Å²) in [6, 6.07) is 13.1. The number of anilines is 3. The molecule has 0 amide bonds. The van der Waals surface area contributed by atoms with Crippen LogP contribution in [0.15, 0.2) is 73.2 Å². The Hall–Kier alpha value is -3.58. The van der Waals surface area contributed by atoms with Crippen molar-refractivity contribution in [2.24, 2.45) is 0 Å². The van der Waals surface area contributed by atoms with Crippen LogP contribution in [0.1, 0.15) is 0 Å². The minimum atomic E-state index is 0.525. The predicted molar refractivity (Wildman–Crippen MR) is 113 cm³/mol. The van der Waals surface area contributed by atoms with Crippen molar-refractivity contribution in [1.82, 2.24) is 19.9 Å². The maximum absolute atomic E-state index is 9.68. The van der Waals surface area contributed by atoms with Crippen molar-refractivity contribution in [2.45, 2.75) is 0 Å². The third-order valence-electron chi connectivity index (χ3n) is 3.44. The summed E-state index contributed by atoms with van der Waals surface area (Å²) < 4.78 is 0. The molecule has 7 heteroatoms. The van der Waals surface area contributed by atoms with Crippen LogP contribution in [0.3, 0.4) is 0 Å². The van der Waals surface area contributed by atoms with Crippen molar-refractivity contribution in [3.8, 4) is 11.3 Å². The number of benzene rings is 1. The zero-order valence-corrected chi connectivity index (χ0v) is 16.0. The molecular weight excluding hydrogens is 352 g/mol. The first-order valence-corrected chi connectivity index (χ1v) is 8.69. The van der Waals surface area contributed by atoms with Crippen molar-refractivity contribution in [1.29, 1.82) is 0 Å². The van der Waals surface area contributed by atoms with Gasteiger partial charge in [-0.15, -0.1) is 0 Å². The molecule has 0 spiro atoms. The number of hydrogen-bond donors (Lipinski definition) is 2. The Balaban J connectivity index is 0.000000300. The average Bonchev–Trinajstić information content (AvgIpc) is 2.69. The maximum Gasteiger partial charge on any atom is 0.227 e. The molecule has 144 valence electrons. The van der Waals surface area contributed by atoms with Gasteiger partial charge in [-0.1, -0.05) is 12.1 Å². The van der Waals surface area contributed by atoms with Crippen LogP contribution in [0.25, 0.3) is 11.3 Å². The second-order valence-electron chi connectivity index (χ2n) is 6.08. The molecule has 0 radical (unpaired) electrons. The number of nitrogens with zero attached hydrogens (tertiary/aromatic N) is 4. The average molecular weight is 376 g/mol. The van der Waals surface area contributed by atoms with Crippen LogP contribution in [0.4, 0.5) is 17.3 Å². The molecule has 0 saturated carbocycles. The van der Waals surface area contributed by atoms with Crippen molar-refractivity contribution in [3.63, 3.8) is 0 Å². The monoisotopic (exact) mass is 376 g/mol. The lowest BCUT2D eigenvalue weighted by Gasteiger charge is -2.07. The first-order chi connectivity index (χ1) is 13.6. The lowest BCUT2D eigenvalue weighted by Crippen LogP contribution is -2.10. The molecular formula is C21H24N6O. The largest absolute Gasteiger partial charge is 0.399 e. The fourth-order valence-corrected chi connectivity index (χ4v) is 2.17. The summed E-state index contributed by atoms with van der Waals surface area (Å²) in [5.74, 6) is 0.525. The summed E-state index contributed by atoms with van der Waals surface area (Å²) in [5.41, 5.74) is 9.06.